The van der Waals surface area contributed by atoms with E-state index in [1.807, 2.05) is 0 Å². The summed E-state index contributed by atoms with van der Waals surface area (Å²) in [5.74, 6) is 1.06. The van der Waals surface area contributed by atoms with Gasteiger partial charge in [-0.25, -0.2) is 9.59 Å². The van der Waals surface area contributed by atoms with Crippen molar-refractivity contribution in [3.05, 3.63) is 35.0 Å². The molecule has 0 aromatic heterocycles. The van der Waals surface area contributed by atoms with Crippen molar-refractivity contribution in [3.63, 3.8) is 0 Å². The number of urea groups is 1. The minimum atomic E-state index is -0.629. The number of rotatable bonds is 7. The van der Waals surface area contributed by atoms with Crippen molar-refractivity contribution >= 4 is 12.0 Å². The number of benzene rings is 1. The number of carbonyl (C=O) groups excluding carboxylic acids is 2. The molecule has 2 rings (SSSR count). The third-order valence-corrected chi connectivity index (χ3v) is 3.86. The van der Waals surface area contributed by atoms with Gasteiger partial charge >= 0.3 is 12.0 Å². The van der Waals surface area contributed by atoms with E-state index in [2.05, 4.69) is 24.5 Å². The Morgan fingerprint density at radius 1 is 1.27 bits per heavy atom. The number of ether oxygens (including phenoxy) is 3. The van der Waals surface area contributed by atoms with Gasteiger partial charge < -0.3 is 24.8 Å². The molecule has 1 heterocycles. The fraction of sp³-hybridized carbons (Fsp3) is 0.474. The van der Waals surface area contributed by atoms with E-state index in [-0.39, 0.29) is 12.6 Å². The van der Waals surface area contributed by atoms with Gasteiger partial charge in [-0.2, -0.15) is 0 Å². The number of carbonyl (C=O) groups is 2. The Morgan fingerprint density at radius 2 is 2.00 bits per heavy atom. The predicted octanol–water partition coefficient (Wildman–Crippen LogP) is 2.92. The molecular formula is C19H26N2O5. The minimum Gasteiger partial charge on any atom is -0.493 e. The average molecular weight is 362 g/mol. The maximum absolute atomic E-state index is 12.4. The van der Waals surface area contributed by atoms with Crippen LogP contribution in [0.2, 0.25) is 0 Å². The van der Waals surface area contributed by atoms with Crippen LogP contribution in [0.3, 0.4) is 0 Å². The highest BCUT2D eigenvalue weighted by molar-refractivity contribution is 5.95. The van der Waals surface area contributed by atoms with Crippen molar-refractivity contribution in [1.29, 1.82) is 0 Å². The molecule has 7 nitrogen and oxygen atoms in total. The summed E-state index contributed by atoms with van der Waals surface area (Å²) in [5, 5.41) is 5.38. The smallest absolute Gasteiger partial charge is 0.338 e. The largest absolute Gasteiger partial charge is 0.493 e. The molecule has 1 unspecified atom stereocenters. The highest BCUT2D eigenvalue weighted by atomic mass is 16.5. The van der Waals surface area contributed by atoms with Crippen LogP contribution in [0.5, 0.6) is 11.5 Å². The third-order valence-electron chi connectivity index (χ3n) is 3.86. The zero-order chi connectivity index (χ0) is 19.3. The second-order valence-electron chi connectivity index (χ2n) is 6.41. The van der Waals surface area contributed by atoms with E-state index in [0.717, 1.165) is 0 Å². The second-order valence-corrected chi connectivity index (χ2v) is 6.41. The molecule has 142 valence electrons. The summed E-state index contributed by atoms with van der Waals surface area (Å²) in [6, 6.07) is 4.35. The molecule has 1 aliphatic rings. The van der Waals surface area contributed by atoms with Crippen LogP contribution in [0, 0.1) is 5.92 Å². The molecule has 7 heteroatoms. The van der Waals surface area contributed by atoms with Gasteiger partial charge in [0.05, 0.1) is 31.9 Å². The number of esters is 1. The highest BCUT2D eigenvalue weighted by Gasteiger charge is 2.32. The molecule has 2 N–H and O–H groups in total. The minimum absolute atomic E-state index is 0.252. The normalized spacial score (nSPS) is 16.8. The number of allylic oxidation sites excluding steroid dienone is 1. The monoisotopic (exact) mass is 362 g/mol. The van der Waals surface area contributed by atoms with Crippen LogP contribution in [0.1, 0.15) is 39.3 Å². The van der Waals surface area contributed by atoms with E-state index in [1.165, 1.54) is 0 Å². The molecule has 0 saturated carbocycles. The van der Waals surface area contributed by atoms with Crippen molar-refractivity contribution in [2.75, 3.05) is 20.3 Å². The van der Waals surface area contributed by atoms with Gasteiger partial charge in [-0.05, 0) is 37.5 Å². The summed E-state index contributed by atoms with van der Waals surface area (Å²) in [6.07, 6.45) is 0. The van der Waals surface area contributed by atoms with Crippen LogP contribution in [-0.4, -0.2) is 32.3 Å². The van der Waals surface area contributed by atoms with Crippen LogP contribution in [0.4, 0.5) is 4.79 Å². The molecule has 0 fully saturated rings. The Balaban J connectivity index is 2.39. The topological polar surface area (TPSA) is 85.9 Å². The molecular weight excluding hydrogens is 336 g/mol. The van der Waals surface area contributed by atoms with Crippen molar-refractivity contribution in [2.24, 2.45) is 5.92 Å². The average Bonchev–Trinajstić information content (AvgIpc) is 2.59. The van der Waals surface area contributed by atoms with Crippen LogP contribution in [-0.2, 0) is 9.53 Å². The Bertz CT molecular complexity index is 712. The molecule has 1 aromatic carbocycles. The van der Waals surface area contributed by atoms with E-state index >= 15 is 0 Å². The summed E-state index contributed by atoms with van der Waals surface area (Å²) in [7, 11) is 1.55. The molecule has 26 heavy (non-hydrogen) atoms. The fourth-order valence-electron chi connectivity index (χ4n) is 2.66. The van der Waals surface area contributed by atoms with Crippen molar-refractivity contribution in [3.8, 4) is 11.5 Å². The summed E-state index contributed by atoms with van der Waals surface area (Å²) >= 11 is 0. The molecule has 2 amide bonds. The first kappa shape index (κ1) is 19.6. The fourth-order valence-corrected chi connectivity index (χ4v) is 2.66. The standard InChI is InChI=1S/C19H26N2O5/c1-6-25-18(22)16-12(4)20-19(23)21-17(16)13-7-8-14(15(9-13)24-5)26-10-11(2)3/h7-9,11,17H,6,10H2,1-5H3,(H2,20,21,23). The summed E-state index contributed by atoms with van der Waals surface area (Å²) in [6.45, 7) is 8.35. The molecule has 0 radical (unpaired) electrons. The number of hydrogen-bond acceptors (Lipinski definition) is 5. The molecule has 1 atom stereocenters. The van der Waals surface area contributed by atoms with Gasteiger partial charge in [0.2, 0.25) is 0 Å². The Labute approximate surface area is 153 Å². The molecule has 0 saturated heterocycles. The predicted molar refractivity (Wildman–Crippen MR) is 97.1 cm³/mol. The van der Waals surface area contributed by atoms with Crippen LogP contribution >= 0.6 is 0 Å². The zero-order valence-electron chi connectivity index (χ0n) is 15.8. The first-order valence-corrected chi connectivity index (χ1v) is 8.63. The van der Waals surface area contributed by atoms with E-state index in [0.29, 0.717) is 40.9 Å². The van der Waals surface area contributed by atoms with E-state index in [4.69, 9.17) is 14.2 Å². The van der Waals surface area contributed by atoms with E-state index in [9.17, 15) is 9.59 Å². The lowest BCUT2D eigenvalue weighted by molar-refractivity contribution is -0.139. The van der Waals surface area contributed by atoms with Gasteiger partial charge in [0.25, 0.3) is 0 Å². The lowest BCUT2D eigenvalue weighted by atomic mass is 9.95. The second kappa shape index (κ2) is 8.60. The maximum atomic E-state index is 12.4. The number of amides is 2. The highest BCUT2D eigenvalue weighted by Crippen LogP contribution is 2.34. The molecule has 1 aliphatic heterocycles. The first-order valence-electron chi connectivity index (χ1n) is 8.63. The number of nitrogens with one attached hydrogen (secondary N) is 2. The van der Waals surface area contributed by atoms with Crippen molar-refractivity contribution < 1.29 is 23.8 Å². The van der Waals surface area contributed by atoms with E-state index in [1.54, 1.807) is 39.2 Å². The van der Waals surface area contributed by atoms with Gasteiger partial charge in [0.15, 0.2) is 11.5 Å². The van der Waals surface area contributed by atoms with Gasteiger partial charge in [-0.15, -0.1) is 0 Å². The van der Waals surface area contributed by atoms with Crippen LogP contribution < -0.4 is 20.1 Å². The van der Waals surface area contributed by atoms with Crippen LogP contribution in [0.15, 0.2) is 29.5 Å². The Kier molecular flexibility index (Phi) is 6.49. The molecule has 0 aliphatic carbocycles. The number of methoxy groups -OCH3 is 1. The number of hydrogen-bond donors (Lipinski definition) is 2. The first-order chi connectivity index (χ1) is 12.4. The lowest BCUT2D eigenvalue weighted by Gasteiger charge is -2.28. The lowest BCUT2D eigenvalue weighted by Crippen LogP contribution is -2.45. The van der Waals surface area contributed by atoms with Crippen molar-refractivity contribution in [2.45, 2.75) is 33.7 Å². The summed E-state index contributed by atoms with van der Waals surface area (Å²) < 4.78 is 16.3. The quantitative estimate of drug-likeness (QED) is 0.729. The Hall–Kier alpha value is -2.70. The third kappa shape index (κ3) is 4.47. The molecule has 0 bridgehead atoms. The van der Waals surface area contributed by atoms with Gasteiger partial charge in [0.1, 0.15) is 0 Å². The van der Waals surface area contributed by atoms with Gasteiger partial charge in [-0.1, -0.05) is 19.9 Å². The van der Waals surface area contributed by atoms with Gasteiger partial charge in [-0.3, -0.25) is 0 Å². The Morgan fingerprint density at radius 3 is 2.62 bits per heavy atom. The maximum Gasteiger partial charge on any atom is 0.338 e. The van der Waals surface area contributed by atoms with Crippen LogP contribution in [0.25, 0.3) is 0 Å². The van der Waals surface area contributed by atoms with Gasteiger partial charge in [0, 0.05) is 5.70 Å². The molecule has 0 spiro atoms. The summed E-state index contributed by atoms with van der Waals surface area (Å²) in [4.78, 5) is 24.3. The van der Waals surface area contributed by atoms with E-state index < -0.39 is 12.0 Å². The zero-order valence-corrected chi connectivity index (χ0v) is 15.8. The SMILES string of the molecule is CCOC(=O)C1=C(C)NC(=O)NC1c1ccc(OCC(C)C)c(OC)c1. The van der Waals surface area contributed by atoms with Crippen molar-refractivity contribution in [1.82, 2.24) is 10.6 Å². The molecule has 1 aromatic rings. The summed E-state index contributed by atoms with van der Waals surface area (Å²) in [5.41, 5.74) is 1.54.